The van der Waals surface area contributed by atoms with Crippen molar-refractivity contribution < 1.29 is 4.74 Å². The monoisotopic (exact) mass is 352 g/mol. The van der Waals surface area contributed by atoms with Crippen molar-refractivity contribution in [1.82, 2.24) is 19.9 Å². The lowest BCUT2D eigenvalue weighted by molar-refractivity contribution is 0.164. The fraction of sp³-hybridized carbons (Fsp3) is 0.400. The molecule has 26 heavy (non-hydrogen) atoms. The van der Waals surface area contributed by atoms with Crippen molar-refractivity contribution >= 4 is 11.0 Å². The topological polar surface area (TPSA) is 74.0 Å². The van der Waals surface area contributed by atoms with Crippen molar-refractivity contribution in [2.24, 2.45) is 5.92 Å². The maximum absolute atomic E-state index is 11.9. The van der Waals surface area contributed by atoms with Gasteiger partial charge < -0.3 is 14.7 Å². The predicted octanol–water partition coefficient (Wildman–Crippen LogP) is 2.71. The first-order chi connectivity index (χ1) is 12.7. The van der Waals surface area contributed by atoms with E-state index in [9.17, 15) is 4.79 Å². The summed E-state index contributed by atoms with van der Waals surface area (Å²) < 4.78 is 5.03. The van der Waals surface area contributed by atoms with Crippen LogP contribution in [0.15, 0.2) is 41.3 Å². The molecule has 1 fully saturated rings. The standard InChI is InChI=1S/C20H24N4O2/c1-26-19-11-21-15(10-18(19)25)13-24-8-4-5-14(12-24)9-20-22-16-6-2-3-7-17(16)23-20/h2-3,6-7,10-11,14H,4-5,8-9,12-13H2,1H3,(H,21,25)(H,22,23)/t14-/m1/s1. The summed E-state index contributed by atoms with van der Waals surface area (Å²) in [6.07, 6.45) is 5.00. The Labute approximate surface area is 152 Å². The maximum Gasteiger partial charge on any atom is 0.223 e. The van der Waals surface area contributed by atoms with Crippen LogP contribution < -0.4 is 10.2 Å². The first-order valence-electron chi connectivity index (χ1n) is 9.13. The Morgan fingerprint density at radius 2 is 2.23 bits per heavy atom. The summed E-state index contributed by atoms with van der Waals surface area (Å²) in [6, 6.07) is 9.80. The van der Waals surface area contributed by atoms with Crippen LogP contribution >= 0.6 is 0 Å². The Balaban J connectivity index is 1.40. The molecule has 1 aromatic carbocycles. The Kier molecular flexibility index (Phi) is 4.75. The van der Waals surface area contributed by atoms with Crippen LogP contribution in [0.4, 0.5) is 0 Å². The van der Waals surface area contributed by atoms with Crippen LogP contribution in [-0.2, 0) is 13.0 Å². The van der Waals surface area contributed by atoms with Gasteiger partial charge in [0.05, 0.1) is 18.1 Å². The summed E-state index contributed by atoms with van der Waals surface area (Å²) in [4.78, 5) is 25.7. The molecule has 0 unspecified atom stereocenters. The molecule has 0 bridgehead atoms. The van der Waals surface area contributed by atoms with E-state index in [-0.39, 0.29) is 5.43 Å². The zero-order chi connectivity index (χ0) is 17.9. The van der Waals surface area contributed by atoms with Crippen LogP contribution in [-0.4, -0.2) is 40.1 Å². The first kappa shape index (κ1) is 16.8. The molecule has 4 rings (SSSR count). The van der Waals surface area contributed by atoms with Gasteiger partial charge in [-0.15, -0.1) is 0 Å². The first-order valence-corrected chi connectivity index (χ1v) is 9.13. The van der Waals surface area contributed by atoms with E-state index < -0.39 is 0 Å². The summed E-state index contributed by atoms with van der Waals surface area (Å²) >= 11 is 0. The van der Waals surface area contributed by atoms with E-state index in [1.807, 2.05) is 18.2 Å². The highest BCUT2D eigenvalue weighted by molar-refractivity contribution is 5.74. The van der Waals surface area contributed by atoms with E-state index in [1.165, 1.54) is 20.0 Å². The number of methoxy groups -OCH3 is 1. The number of benzene rings is 1. The van der Waals surface area contributed by atoms with E-state index in [0.717, 1.165) is 48.6 Å². The van der Waals surface area contributed by atoms with Crippen molar-refractivity contribution in [1.29, 1.82) is 0 Å². The molecule has 6 heteroatoms. The van der Waals surface area contributed by atoms with Gasteiger partial charge in [-0.2, -0.15) is 0 Å². The number of pyridine rings is 1. The molecule has 2 N–H and O–H groups in total. The van der Waals surface area contributed by atoms with Gasteiger partial charge in [-0.25, -0.2) is 4.98 Å². The number of rotatable bonds is 5. The smallest absolute Gasteiger partial charge is 0.223 e. The van der Waals surface area contributed by atoms with E-state index in [2.05, 4.69) is 20.9 Å². The number of aromatic nitrogens is 3. The molecule has 3 aromatic rings. The number of aromatic amines is 2. The highest BCUT2D eigenvalue weighted by Crippen LogP contribution is 2.22. The SMILES string of the molecule is COc1c[nH]c(CN2CCC[C@H](Cc3nc4ccccc4[nH]3)C2)cc1=O. The van der Waals surface area contributed by atoms with Gasteiger partial charge in [0.15, 0.2) is 5.75 Å². The fourth-order valence-corrected chi connectivity index (χ4v) is 3.83. The van der Waals surface area contributed by atoms with Crippen LogP contribution in [0.1, 0.15) is 24.4 Å². The van der Waals surface area contributed by atoms with Gasteiger partial charge in [-0.1, -0.05) is 12.1 Å². The molecule has 0 spiro atoms. The molecular formula is C20H24N4O2. The van der Waals surface area contributed by atoms with Crippen molar-refractivity contribution in [3.05, 3.63) is 58.3 Å². The van der Waals surface area contributed by atoms with Crippen LogP contribution in [0.5, 0.6) is 5.75 Å². The van der Waals surface area contributed by atoms with E-state index in [1.54, 1.807) is 12.3 Å². The summed E-state index contributed by atoms with van der Waals surface area (Å²) in [6.45, 7) is 2.84. The van der Waals surface area contributed by atoms with E-state index in [4.69, 9.17) is 9.72 Å². The van der Waals surface area contributed by atoms with Crippen LogP contribution in [0, 0.1) is 5.92 Å². The van der Waals surface area contributed by atoms with Gasteiger partial charge in [-0.3, -0.25) is 9.69 Å². The molecular weight excluding hydrogens is 328 g/mol. The second-order valence-electron chi connectivity index (χ2n) is 7.04. The molecule has 1 saturated heterocycles. The average molecular weight is 352 g/mol. The number of likely N-dealkylation sites (tertiary alicyclic amines) is 1. The van der Waals surface area contributed by atoms with E-state index in [0.29, 0.717) is 11.7 Å². The zero-order valence-electron chi connectivity index (χ0n) is 15.0. The fourth-order valence-electron chi connectivity index (χ4n) is 3.83. The average Bonchev–Trinajstić information content (AvgIpc) is 3.04. The maximum atomic E-state index is 11.9. The number of ether oxygens (including phenoxy) is 1. The second-order valence-corrected chi connectivity index (χ2v) is 7.04. The summed E-state index contributed by atoms with van der Waals surface area (Å²) in [5.74, 6) is 2.00. The largest absolute Gasteiger partial charge is 0.491 e. The highest BCUT2D eigenvalue weighted by atomic mass is 16.5. The molecule has 3 heterocycles. The van der Waals surface area contributed by atoms with Gasteiger partial charge in [0.2, 0.25) is 5.43 Å². The quantitative estimate of drug-likeness (QED) is 0.740. The van der Waals surface area contributed by atoms with Gasteiger partial charge in [0, 0.05) is 37.5 Å². The number of piperidine rings is 1. The number of fused-ring (bicyclic) bond motifs is 1. The second kappa shape index (κ2) is 7.33. The number of nitrogens with zero attached hydrogens (tertiary/aromatic N) is 2. The minimum absolute atomic E-state index is 0.0721. The predicted molar refractivity (Wildman–Crippen MR) is 101 cm³/mol. The lowest BCUT2D eigenvalue weighted by atomic mass is 9.94. The number of imidazole rings is 1. The third-order valence-corrected chi connectivity index (χ3v) is 5.07. The zero-order valence-corrected chi connectivity index (χ0v) is 15.0. The minimum Gasteiger partial charge on any atom is -0.491 e. The van der Waals surface area contributed by atoms with Crippen LogP contribution in [0.3, 0.4) is 0 Å². The highest BCUT2D eigenvalue weighted by Gasteiger charge is 2.21. The third kappa shape index (κ3) is 3.65. The normalized spacial score (nSPS) is 18.3. The molecule has 0 saturated carbocycles. The Hall–Kier alpha value is -2.60. The molecule has 1 aliphatic rings. The lowest BCUT2D eigenvalue weighted by Crippen LogP contribution is -2.36. The summed E-state index contributed by atoms with van der Waals surface area (Å²) in [5.41, 5.74) is 2.99. The van der Waals surface area contributed by atoms with Crippen molar-refractivity contribution in [2.45, 2.75) is 25.8 Å². The van der Waals surface area contributed by atoms with Crippen molar-refractivity contribution in [2.75, 3.05) is 20.2 Å². The van der Waals surface area contributed by atoms with Gasteiger partial charge in [0.25, 0.3) is 0 Å². The molecule has 1 atom stereocenters. The van der Waals surface area contributed by atoms with Crippen LogP contribution in [0.2, 0.25) is 0 Å². The van der Waals surface area contributed by atoms with Crippen molar-refractivity contribution in [3.63, 3.8) is 0 Å². The van der Waals surface area contributed by atoms with Gasteiger partial charge in [-0.05, 0) is 37.4 Å². The molecule has 0 aliphatic carbocycles. The Morgan fingerprint density at radius 3 is 3.04 bits per heavy atom. The van der Waals surface area contributed by atoms with Crippen molar-refractivity contribution in [3.8, 4) is 5.75 Å². The molecule has 0 radical (unpaired) electrons. The van der Waals surface area contributed by atoms with Gasteiger partial charge >= 0.3 is 0 Å². The number of nitrogens with one attached hydrogen (secondary N) is 2. The van der Waals surface area contributed by atoms with Crippen LogP contribution in [0.25, 0.3) is 11.0 Å². The molecule has 136 valence electrons. The minimum atomic E-state index is -0.0721. The van der Waals surface area contributed by atoms with E-state index >= 15 is 0 Å². The van der Waals surface area contributed by atoms with Gasteiger partial charge in [0.1, 0.15) is 5.82 Å². The number of H-pyrrole nitrogens is 2. The molecule has 1 aliphatic heterocycles. The third-order valence-electron chi connectivity index (χ3n) is 5.07. The molecule has 6 nitrogen and oxygen atoms in total. The summed E-state index contributed by atoms with van der Waals surface area (Å²) in [7, 11) is 1.51. The molecule has 0 amide bonds. The lowest BCUT2D eigenvalue weighted by Gasteiger charge is -2.32. The summed E-state index contributed by atoms with van der Waals surface area (Å²) in [5, 5.41) is 0. The number of para-hydroxylation sites is 2. The number of hydrogen-bond donors (Lipinski definition) is 2. The Morgan fingerprint density at radius 1 is 1.35 bits per heavy atom. The Bertz CT molecular complexity index is 913. The number of hydrogen-bond acceptors (Lipinski definition) is 4. The molecule has 2 aromatic heterocycles.